The number of allylic oxidation sites excluding steroid dienone is 1. The zero-order valence-corrected chi connectivity index (χ0v) is 12.4. The quantitative estimate of drug-likeness (QED) is 0.343. The summed E-state index contributed by atoms with van der Waals surface area (Å²) in [5.74, 6) is 5.35. The van der Waals surface area contributed by atoms with Crippen LogP contribution in [0.1, 0.15) is 39.0 Å². The molecule has 2 atom stereocenters. The first kappa shape index (κ1) is 16.8. The van der Waals surface area contributed by atoms with Gasteiger partial charge in [0, 0.05) is 6.92 Å². The van der Waals surface area contributed by atoms with Crippen LogP contribution in [0.3, 0.4) is 0 Å². The Hall–Kier alpha value is -2.25. The molecule has 0 aromatic carbocycles. The summed E-state index contributed by atoms with van der Waals surface area (Å²) in [7, 11) is 0. The first-order valence-corrected chi connectivity index (χ1v) is 7.08. The summed E-state index contributed by atoms with van der Waals surface area (Å²) in [4.78, 5) is 17.9. The van der Waals surface area contributed by atoms with Gasteiger partial charge < -0.3 is 4.74 Å². The van der Waals surface area contributed by atoms with Crippen molar-refractivity contribution in [3.8, 4) is 11.8 Å². The zero-order chi connectivity index (χ0) is 15.7. The normalized spacial score (nSPS) is 21.1. The molecule has 0 aromatic heterocycles. The van der Waals surface area contributed by atoms with Gasteiger partial charge in [0.1, 0.15) is 5.92 Å². The average Bonchev–Trinajstić information content (AvgIpc) is 2.51. The summed E-state index contributed by atoms with van der Waals surface area (Å²) < 4.78 is 4.73. The van der Waals surface area contributed by atoms with E-state index in [4.69, 9.17) is 17.9 Å². The van der Waals surface area contributed by atoms with E-state index in [1.54, 1.807) is 0 Å². The van der Waals surface area contributed by atoms with Crippen LogP contribution < -0.4 is 0 Å². The van der Waals surface area contributed by atoms with Crippen molar-refractivity contribution in [1.29, 1.82) is 0 Å². The zero-order valence-electron chi connectivity index (χ0n) is 12.4. The van der Waals surface area contributed by atoms with Crippen LogP contribution in [0.5, 0.6) is 0 Å². The maximum Gasteiger partial charge on any atom is 0.496 e. The van der Waals surface area contributed by atoms with Crippen molar-refractivity contribution >= 4 is 5.97 Å². The molecule has 4 nitrogen and oxygen atoms in total. The number of esters is 1. The number of carbonyl (C=O) groups is 1. The highest BCUT2D eigenvalue weighted by molar-refractivity contribution is 5.66. The smallest absolute Gasteiger partial charge is 0.453 e. The Morgan fingerprint density at radius 2 is 2.05 bits per heavy atom. The highest BCUT2D eigenvalue weighted by Crippen LogP contribution is 2.42. The minimum absolute atomic E-state index is 0.0109. The van der Waals surface area contributed by atoms with Gasteiger partial charge in [0.05, 0.1) is 0 Å². The predicted molar refractivity (Wildman–Crippen MR) is 80.6 cm³/mol. The molecule has 0 aromatic rings. The largest absolute Gasteiger partial charge is 0.496 e. The third kappa shape index (κ3) is 4.37. The third-order valence-corrected chi connectivity index (χ3v) is 3.92. The molecule has 1 unspecified atom stereocenters. The molecule has 0 N–H and O–H groups in total. The van der Waals surface area contributed by atoms with E-state index in [-0.39, 0.29) is 30.8 Å². The Kier molecular flexibility index (Phi) is 6.51. The van der Waals surface area contributed by atoms with Crippen LogP contribution in [-0.4, -0.2) is 18.2 Å². The molecule has 0 radical (unpaired) electrons. The number of hydrogen-bond donors (Lipinski definition) is 0. The van der Waals surface area contributed by atoms with Gasteiger partial charge in [0.15, 0.2) is 13.0 Å². The van der Waals surface area contributed by atoms with Gasteiger partial charge in [-0.15, -0.1) is 6.58 Å². The molecule has 0 saturated heterocycles. The highest BCUT2D eigenvalue weighted by atomic mass is 16.5. The van der Waals surface area contributed by atoms with E-state index in [1.807, 2.05) is 6.08 Å². The molecule has 21 heavy (non-hydrogen) atoms. The molecule has 110 valence electrons. The van der Waals surface area contributed by atoms with E-state index in [1.165, 1.54) is 6.92 Å². The van der Waals surface area contributed by atoms with E-state index in [0.29, 0.717) is 0 Å². The van der Waals surface area contributed by atoms with Gasteiger partial charge in [-0.25, -0.2) is 22.8 Å². The van der Waals surface area contributed by atoms with E-state index >= 15 is 0 Å². The van der Waals surface area contributed by atoms with Crippen LogP contribution in [0, 0.1) is 36.8 Å². The molecular weight excluding hydrogens is 264 g/mol. The van der Waals surface area contributed by atoms with Crippen molar-refractivity contribution in [3.63, 3.8) is 0 Å². The average molecular weight is 284 g/mol. The second kappa shape index (κ2) is 8.13. The number of carbonyl (C=O) groups excluding carboxylic acids is 1. The minimum atomic E-state index is -1.14. The molecule has 0 bridgehead atoms. The van der Waals surface area contributed by atoms with E-state index in [9.17, 15) is 4.79 Å². The van der Waals surface area contributed by atoms with Gasteiger partial charge in [-0.1, -0.05) is 30.8 Å². The topological polar surface area (TPSA) is 35.0 Å². The summed E-state index contributed by atoms with van der Waals surface area (Å²) in [6.45, 7) is 20.1. The highest BCUT2D eigenvalue weighted by Gasteiger charge is 2.55. The SMILES string of the molecule is [C-]#[N+]C(CC#CCOC(C)=O)([N+]#[C-])C1CCCC[C@H]1C=C. The standard InChI is InChI=1S/C17H20N2O2/c1-5-15-10-6-7-11-16(15)17(18-3,19-4)12-8-9-13-21-14(2)20/h5,15-16H,1,6-7,10-13H2,2H3/t15-,16?/m1/s1. The monoisotopic (exact) mass is 284 g/mol. The molecule has 1 aliphatic carbocycles. The van der Waals surface area contributed by atoms with Crippen molar-refractivity contribution in [2.24, 2.45) is 11.8 Å². The van der Waals surface area contributed by atoms with E-state index in [2.05, 4.69) is 28.1 Å². The predicted octanol–water partition coefficient (Wildman–Crippen LogP) is 3.47. The lowest BCUT2D eigenvalue weighted by Gasteiger charge is -2.29. The lowest BCUT2D eigenvalue weighted by molar-refractivity contribution is -0.139. The molecule has 1 rings (SSSR count). The minimum Gasteiger partial charge on any atom is -0.453 e. The molecule has 0 amide bonds. The van der Waals surface area contributed by atoms with Crippen LogP contribution in [0.15, 0.2) is 12.7 Å². The van der Waals surface area contributed by atoms with E-state index < -0.39 is 5.66 Å². The first-order valence-electron chi connectivity index (χ1n) is 7.08. The number of ether oxygens (including phenoxy) is 1. The van der Waals surface area contributed by atoms with Crippen molar-refractivity contribution in [2.75, 3.05) is 6.61 Å². The summed E-state index contributed by atoms with van der Waals surface area (Å²) in [5.41, 5.74) is -1.14. The molecule has 0 heterocycles. The fourth-order valence-electron chi connectivity index (χ4n) is 2.80. The number of nitrogens with zero attached hydrogens (tertiary/aromatic N) is 2. The van der Waals surface area contributed by atoms with Gasteiger partial charge in [0.2, 0.25) is 0 Å². The summed E-state index contributed by atoms with van der Waals surface area (Å²) >= 11 is 0. The Balaban J connectivity index is 2.83. The van der Waals surface area contributed by atoms with Crippen LogP contribution in [0.4, 0.5) is 0 Å². The molecule has 1 fully saturated rings. The Bertz CT molecular complexity index is 514. The Morgan fingerprint density at radius 1 is 1.38 bits per heavy atom. The van der Waals surface area contributed by atoms with Crippen LogP contribution in [0.2, 0.25) is 0 Å². The van der Waals surface area contributed by atoms with Crippen molar-refractivity contribution < 1.29 is 9.53 Å². The Morgan fingerprint density at radius 3 is 2.62 bits per heavy atom. The second-order valence-electron chi connectivity index (χ2n) is 5.20. The van der Waals surface area contributed by atoms with Gasteiger partial charge in [-0.3, -0.25) is 4.79 Å². The molecule has 1 saturated carbocycles. The number of hydrogen-bond acceptors (Lipinski definition) is 2. The summed E-state index contributed by atoms with van der Waals surface area (Å²) in [6, 6.07) is 0. The Labute approximate surface area is 126 Å². The van der Waals surface area contributed by atoms with Crippen LogP contribution in [0.25, 0.3) is 9.69 Å². The van der Waals surface area contributed by atoms with E-state index in [0.717, 1.165) is 25.7 Å². The molecular formula is C17H20N2O2. The lowest BCUT2D eigenvalue weighted by atomic mass is 9.71. The van der Waals surface area contributed by atoms with Gasteiger partial charge in [0.25, 0.3) is 0 Å². The van der Waals surface area contributed by atoms with Crippen molar-refractivity contribution in [2.45, 2.75) is 44.7 Å². The van der Waals surface area contributed by atoms with Gasteiger partial charge >= 0.3 is 11.6 Å². The van der Waals surface area contributed by atoms with Crippen LogP contribution in [-0.2, 0) is 9.53 Å². The van der Waals surface area contributed by atoms with Crippen molar-refractivity contribution in [3.05, 3.63) is 35.5 Å². The number of rotatable bonds is 4. The molecule has 0 aliphatic heterocycles. The molecule has 1 aliphatic rings. The lowest BCUT2D eigenvalue weighted by Crippen LogP contribution is -2.37. The maximum atomic E-state index is 10.6. The molecule has 0 spiro atoms. The third-order valence-electron chi connectivity index (χ3n) is 3.92. The van der Waals surface area contributed by atoms with Crippen LogP contribution >= 0.6 is 0 Å². The summed E-state index contributed by atoms with van der Waals surface area (Å²) in [6.07, 6.45) is 6.09. The maximum absolute atomic E-state index is 10.6. The van der Waals surface area contributed by atoms with Crippen molar-refractivity contribution in [1.82, 2.24) is 0 Å². The fourth-order valence-corrected chi connectivity index (χ4v) is 2.80. The first-order chi connectivity index (χ1) is 10.1. The summed E-state index contributed by atoms with van der Waals surface area (Å²) in [5, 5.41) is 0. The second-order valence-corrected chi connectivity index (χ2v) is 5.20. The van der Waals surface area contributed by atoms with Gasteiger partial charge in [-0.05, 0) is 18.8 Å². The molecule has 4 heteroatoms. The fraction of sp³-hybridized carbons (Fsp3) is 0.588. The van der Waals surface area contributed by atoms with Gasteiger partial charge in [-0.2, -0.15) is 0 Å².